The number of hydrogen-bond donors (Lipinski definition) is 2. The minimum Gasteiger partial charge on any atom is -0.497 e. The molecule has 0 spiro atoms. The van der Waals surface area contributed by atoms with Crippen LogP contribution in [0.1, 0.15) is 24.5 Å². The summed E-state index contributed by atoms with van der Waals surface area (Å²) in [6, 6.07) is 5.89. The largest absolute Gasteiger partial charge is 0.497 e. The van der Waals surface area contributed by atoms with Crippen LogP contribution in [0.5, 0.6) is 5.75 Å². The molecule has 2 N–H and O–H groups in total. The van der Waals surface area contributed by atoms with Gasteiger partial charge in [0.05, 0.1) is 7.11 Å². The van der Waals surface area contributed by atoms with Crippen LogP contribution in [0.25, 0.3) is 11.5 Å². The molecule has 1 heterocycles. The molecule has 8 heteroatoms. The number of nitrogens with one attached hydrogen (secondary N) is 1. The third-order valence-electron chi connectivity index (χ3n) is 3.17. The topological polar surface area (TPSA) is 115 Å². The number of methoxy groups -OCH3 is 1. The van der Waals surface area contributed by atoms with Crippen molar-refractivity contribution >= 4 is 11.9 Å². The van der Waals surface area contributed by atoms with Crippen molar-refractivity contribution in [3.8, 4) is 17.2 Å². The smallest absolute Gasteiger partial charge is 0.326 e. The van der Waals surface area contributed by atoms with E-state index in [4.69, 9.17) is 14.4 Å². The standard InChI is InChI=1S/C15H17N3O5/c1-8(2)11(15(20)21)16-13(19)12-17-14(23-18-12)9-5-4-6-10(7-9)22-3/h4-8,11H,1-3H3,(H,16,19)(H,20,21)/t11-/m1/s1. The lowest BCUT2D eigenvalue weighted by molar-refractivity contribution is -0.140. The first-order valence-corrected chi connectivity index (χ1v) is 6.94. The van der Waals surface area contributed by atoms with Crippen LogP contribution in [0.15, 0.2) is 28.8 Å². The number of carboxylic acids is 1. The Labute approximate surface area is 132 Å². The summed E-state index contributed by atoms with van der Waals surface area (Å²) in [4.78, 5) is 27.1. The number of carbonyl (C=O) groups excluding carboxylic acids is 1. The van der Waals surface area contributed by atoms with Gasteiger partial charge in [-0.25, -0.2) is 4.79 Å². The van der Waals surface area contributed by atoms with Gasteiger partial charge in [-0.2, -0.15) is 4.98 Å². The molecule has 0 saturated carbocycles. The highest BCUT2D eigenvalue weighted by Crippen LogP contribution is 2.22. The van der Waals surface area contributed by atoms with Gasteiger partial charge < -0.3 is 19.7 Å². The van der Waals surface area contributed by atoms with Gasteiger partial charge in [0.25, 0.3) is 17.6 Å². The van der Waals surface area contributed by atoms with Crippen molar-refractivity contribution in [3.63, 3.8) is 0 Å². The van der Waals surface area contributed by atoms with E-state index in [1.54, 1.807) is 38.1 Å². The van der Waals surface area contributed by atoms with Crippen molar-refractivity contribution in [1.82, 2.24) is 15.5 Å². The van der Waals surface area contributed by atoms with E-state index in [0.717, 1.165) is 0 Å². The van der Waals surface area contributed by atoms with Gasteiger partial charge in [0.15, 0.2) is 0 Å². The molecule has 0 aliphatic carbocycles. The summed E-state index contributed by atoms with van der Waals surface area (Å²) >= 11 is 0. The number of carbonyl (C=O) groups is 2. The molecule has 1 amide bonds. The van der Waals surface area contributed by atoms with Gasteiger partial charge in [0, 0.05) is 5.56 Å². The molecule has 0 saturated heterocycles. The van der Waals surface area contributed by atoms with E-state index in [-0.39, 0.29) is 17.6 Å². The van der Waals surface area contributed by atoms with Crippen LogP contribution in [0.4, 0.5) is 0 Å². The number of aliphatic carboxylic acids is 1. The summed E-state index contributed by atoms with van der Waals surface area (Å²) in [6.07, 6.45) is 0. The zero-order valence-electron chi connectivity index (χ0n) is 12.9. The summed E-state index contributed by atoms with van der Waals surface area (Å²) in [5.74, 6) is -1.58. The first kappa shape index (κ1) is 16.5. The summed E-state index contributed by atoms with van der Waals surface area (Å²) in [5.41, 5.74) is 0.592. The number of carboxylic acid groups (broad SMARTS) is 1. The maximum Gasteiger partial charge on any atom is 0.326 e. The number of benzene rings is 1. The van der Waals surface area contributed by atoms with E-state index in [9.17, 15) is 9.59 Å². The Morgan fingerprint density at radius 3 is 2.70 bits per heavy atom. The Kier molecular flexibility index (Phi) is 4.95. The fourth-order valence-corrected chi connectivity index (χ4v) is 1.91. The van der Waals surface area contributed by atoms with E-state index in [0.29, 0.717) is 11.3 Å². The molecule has 0 radical (unpaired) electrons. The summed E-state index contributed by atoms with van der Waals surface area (Å²) in [7, 11) is 1.53. The number of aromatic nitrogens is 2. The van der Waals surface area contributed by atoms with E-state index in [1.165, 1.54) is 7.11 Å². The fourth-order valence-electron chi connectivity index (χ4n) is 1.91. The summed E-state index contributed by atoms with van der Waals surface area (Å²) < 4.78 is 10.2. The Morgan fingerprint density at radius 1 is 1.35 bits per heavy atom. The molecule has 0 aliphatic heterocycles. The van der Waals surface area contributed by atoms with Gasteiger partial charge in [-0.3, -0.25) is 4.79 Å². The molecule has 2 aromatic rings. The molecule has 122 valence electrons. The second-order valence-electron chi connectivity index (χ2n) is 5.19. The van der Waals surface area contributed by atoms with Crippen LogP contribution in [0, 0.1) is 5.92 Å². The van der Waals surface area contributed by atoms with E-state index in [2.05, 4.69) is 15.5 Å². The van der Waals surface area contributed by atoms with Crippen LogP contribution in [-0.2, 0) is 4.79 Å². The average molecular weight is 319 g/mol. The van der Waals surface area contributed by atoms with Crippen molar-refractivity contribution in [2.45, 2.75) is 19.9 Å². The predicted octanol–water partition coefficient (Wildman–Crippen LogP) is 1.58. The van der Waals surface area contributed by atoms with Crippen LogP contribution < -0.4 is 10.1 Å². The van der Waals surface area contributed by atoms with E-state index < -0.39 is 17.9 Å². The maximum absolute atomic E-state index is 12.0. The fraction of sp³-hybridized carbons (Fsp3) is 0.333. The minimum atomic E-state index is -1.12. The molecule has 0 unspecified atom stereocenters. The molecule has 0 fully saturated rings. The lowest BCUT2D eigenvalue weighted by atomic mass is 10.0. The van der Waals surface area contributed by atoms with Crippen molar-refractivity contribution in [2.24, 2.45) is 5.92 Å². The van der Waals surface area contributed by atoms with Crippen LogP contribution in [-0.4, -0.2) is 40.3 Å². The van der Waals surface area contributed by atoms with Crippen LogP contribution in [0.3, 0.4) is 0 Å². The van der Waals surface area contributed by atoms with Crippen LogP contribution >= 0.6 is 0 Å². The number of ether oxygens (including phenoxy) is 1. The SMILES string of the molecule is COc1cccc(-c2nc(C(=O)N[C@@H](C(=O)O)C(C)C)no2)c1. The summed E-state index contributed by atoms with van der Waals surface area (Å²) in [6.45, 7) is 3.38. The average Bonchev–Trinajstić information content (AvgIpc) is 3.01. The van der Waals surface area contributed by atoms with Gasteiger partial charge in [-0.15, -0.1) is 0 Å². The van der Waals surface area contributed by atoms with Gasteiger partial charge in [0.1, 0.15) is 11.8 Å². The van der Waals surface area contributed by atoms with Crippen molar-refractivity contribution in [3.05, 3.63) is 30.1 Å². The number of nitrogens with zero attached hydrogens (tertiary/aromatic N) is 2. The van der Waals surface area contributed by atoms with Crippen molar-refractivity contribution in [1.29, 1.82) is 0 Å². The lowest BCUT2D eigenvalue weighted by Gasteiger charge is -2.16. The van der Waals surface area contributed by atoms with Gasteiger partial charge >= 0.3 is 5.97 Å². The normalized spacial score (nSPS) is 12.0. The van der Waals surface area contributed by atoms with E-state index >= 15 is 0 Å². The molecule has 0 bridgehead atoms. The van der Waals surface area contributed by atoms with Gasteiger partial charge in [-0.1, -0.05) is 25.1 Å². The lowest BCUT2D eigenvalue weighted by Crippen LogP contribution is -2.44. The molecule has 1 aromatic heterocycles. The zero-order valence-corrected chi connectivity index (χ0v) is 12.9. The zero-order chi connectivity index (χ0) is 17.0. The third kappa shape index (κ3) is 3.85. The number of hydrogen-bond acceptors (Lipinski definition) is 6. The van der Waals surface area contributed by atoms with Gasteiger partial charge in [0.2, 0.25) is 0 Å². The highest BCUT2D eigenvalue weighted by atomic mass is 16.5. The maximum atomic E-state index is 12.0. The molecular weight excluding hydrogens is 302 g/mol. The van der Waals surface area contributed by atoms with Crippen molar-refractivity contribution in [2.75, 3.05) is 7.11 Å². The van der Waals surface area contributed by atoms with E-state index in [1.807, 2.05) is 0 Å². The first-order valence-electron chi connectivity index (χ1n) is 6.94. The minimum absolute atomic E-state index is 0.144. The Hall–Kier alpha value is -2.90. The highest BCUT2D eigenvalue weighted by Gasteiger charge is 2.26. The Bertz CT molecular complexity index is 711. The second kappa shape index (κ2) is 6.91. The molecule has 0 aliphatic rings. The monoisotopic (exact) mass is 319 g/mol. The Balaban J connectivity index is 2.18. The Morgan fingerprint density at radius 2 is 2.09 bits per heavy atom. The quantitative estimate of drug-likeness (QED) is 0.830. The molecule has 2 rings (SSSR count). The van der Waals surface area contributed by atoms with Crippen molar-refractivity contribution < 1.29 is 24.0 Å². The van der Waals surface area contributed by atoms with Crippen LogP contribution in [0.2, 0.25) is 0 Å². The molecular formula is C15H17N3O5. The molecule has 1 aromatic carbocycles. The number of amides is 1. The second-order valence-corrected chi connectivity index (χ2v) is 5.19. The molecule has 8 nitrogen and oxygen atoms in total. The summed E-state index contributed by atoms with van der Waals surface area (Å²) in [5, 5.41) is 15.0. The molecule has 23 heavy (non-hydrogen) atoms. The first-order chi connectivity index (χ1) is 10.9. The third-order valence-corrected chi connectivity index (χ3v) is 3.17. The van der Waals surface area contributed by atoms with Gasteiger partial charge in [-0.05, 0) is 24.1 Å². The highest BCUT2D eigenvalue weighted by molar-refractivity contribution is 5.93. The number of rotatable bonds is 6. The molecule has 1 atom stereocenters. The predicted molar refractivity (Wildman–Crippen MR) is 80.0 cm³/mol.